The zero-order chi connectivity index (χ0) is 20.5. The molecule has 0 fully saturated rings. The molecular formula is C23H19FN2OS2. The van der Waals surface area contributed by atoms with E-state index < -0.39 is 0 Å². The highest BCUT2D eigenvalue weighted by Gasteiger charge is 2.16. The molecule has 0 bridgehead atoms. The second kappa shape index (κ2) is 8.05. The molecule has 3 nitrogen and oxygen atoms in total. The highest BCUT2D eigenvalue weighted by atomic mass is 32.2. The van der Waals surface area contributed by atoms with Crippen LogP contribution >= 0.6 is 23.1 Å². The van der Waals surface area contributed by atoms with E-state index >= 15 is 0 Å². The molecule has 2 heterocycles. The molecule has 0 atom stereocenters. The molecule has 2 aromatic carbocycles. The fraction of sp³-hybridized carbons (Fsp3) is 0.174. The van der Waals surface area contributed by atoms with Crippen LogP contribution in [0.1, 0.15) is 27.0 Å². The van der Waals surface area contributed by atoms with Gasteiger partial charge in [0.05, 0.1) is 11.1 Å². The summed E-state index contributed by atoms with van der Waals surface area (Å²) in [6.45, 7) is 5.86. The lowest BCUT2D eigenvalue weighted by Gasteiger charge is -2.07. The van der Waals surface area contributed by atoms with Gasteiger partial charge in [-0.2, -0.15) is 0 Å². The quantitative estimate of drug-likeness (QED) is 0.212. The van der Waals surface area contributed by atoms with Crippen LogP contribution in [0.25, 0.3) is 21.3 Å². The van der Waals surface area contributed by atoms with Gasteiger partial charge in [0.25, 0.3) is 0 Å². The Morgan fingerprint density at radius 2 is 1.86 bits per heavy atom. The lowest BCUT2D eigenvalue weighted by atomic mass is 10.0. The molecule has 0 saturated heterocycles. The third-order valence-corrected chi connectivity index (χ3v) is 6.85. The van der Waals surface area contributed by atoms with Crippen LogP contribution in [0.15, 0.2) is 53.1 Å². The number of fused-ring (bicyclic) bond motifs is 1. The summed E-state index contributed by atoms with van der Waals surface area (Å²) >= 11 is 2.97. The summed E-state index contributed by atoms with van der Waals surface area (Å²) in [6, 6.07) is 10.9. The smallest absolute Gasteiger partial charge is 0.173 e. The van der Waals surface area contributed by atoms with Crippen LogP contribution in [0.4, 0.5) is 4.39 Å². The third-order valence-electron chi connectivity index (χ3n) is 4.97. The Hall–Kier alpha value is -2.57. The SMILES string of the molecule is Cc1ccc(-c2csc3ncnc(SCC(=O)c4ccc(F)c(C)c4)c23)cc1C. The summed E-state index contributed by atoms with van der Waals surface area (Å²) < 4.78 is 13.5. The van der Waals surface area contributed by atoms with E-state index in [4.69, 9.17) is 0 Å². The van der Waals surface area contributed by atoms with Crippen molar-refractivity contribution in [3.05, 3.63) is 76.2 Å². The van der Waals surface area contributed by atoms with Gasteiger partial charge in [0.15, 0.2) is 5.78 Å². The molecule has 0 unspecified atom stereocenters. The number of carbonyl (C=O) groups excluding carboxylic acids is 1. The number of rotatable bonds is 5. The highest BCUT2D eigenvalue weighted by molar-refractivity contribution is 8.00. The Bertz CT molecular complexity index is 1230. The van der Waals surface area contributed by atoms with Gasteiger partial charge in [0, 0.05) is 16.5 Å². The summed E-state index contributed by atoms with van der Waals surface area (Å²) in [5.74, 6) is -0.116. The summed E-state index contributed by atoms with van der Waals surface area (Å²) in [5.41, 5.74) is 5.67. The maximum atomic E-state index is 13.5. The zero-order valence-corrected chi connectivity index (χ0v) is 18.0. The first-order valence-corrected chi connectivity index (χ1v) is 11.0. The topological polar surface area (TPSA) is 42.9 Å². The van der Waals surface area contributed by atoms with Gasteiger partial charge in [-0.1, -0.05) is 30.0 Å². The number of aromatic nitrogens is 2. The average Bonchev–Trinajstić information content (AvgIpc) is 3.15. The van der Waals surface area contributed by atoms with E-state index in [1.165, 1.54) is 41.3 Å². The summed E-state index contributed by atoms with van der Waals surface area (Å²) in [4.78, 5) is 22.4. The first-order valence-electron chi connectivity index (χ1n) is 9.16. The van der Waals surface area contributed by atoms with Gasteiger partial charge in [-0.15, -0.1) is 11.3 Å². The Kier molecular flexibility index (Phi) is 5.48. The summed E-state index contributed by atoms with van der Waals surface area (Å²) in [5, 5.41) is 3.86. The van der Waals surface area contributed by atoms with Crippen LogP contribution in [0.5, 0.6) is 0 Å². The predicted octanol–water partition coefficient (Wildman–Crippen LogP) is 6.40. The van der Waals surface area contributed by atoms with Gasteiger partial charge in [-0.25, -0.2) is 14.4 Å². The minimum absolute atomic E-state index is 0.0483. The number of thioether (sulfide) groups is 1. The largest absolute Gasteiger partial charge is 0.293 e. The van der Waals surface area contributed by atoms with Crippen molar-refractivity contribution in [2.75, 3.05) is 5.75 Å². The van der Waals surface area contributed by atoms with Crippen molar-refractivity contribution in [2.24, 2.45) is 0 Å². The molecule has 6 heteroatoms. The van der Waals surface area contributed by atoms with Gasteiger partial charge in [0.1, 0.15) is 22.0 Å². The van der Waals surface area contributed by atoms with Crippen LogP contribution in [-0.4, -0.2) is 21.5 Å². The van der Waals surface area contributed by atoms with E-state index in [0.29, 0.717) is 11.1 Å². The molecule has 0 aliphatic rings. The Morgan fingerprint density at radius 3 is 2.62 bits per heavy atom. The standard InChI is InChI=1S/C23H19FN2OS2/c1-13-4-5-16(8-14(13)2)18-10-28-22-21(18)23(26-12-25-22)29-11-20(27)17-6-7-19(24)15(3)9-17/h4-10,12H,11H2,1-3H3. The van der Waals surface area contributed by atoms with Crippen molar-refractivity contribution in [2.45, 2.75) is 25.8 Å². The van der Waals surface area contributed by atoms with Gasteiger partial charge in [-0.3, -0.25) is 4.79 Å². The maximum Gasteiger partial charge on any atom is 0.173 e. The van der Waals surface area contributed by atoms with Crippen LogP contribution in [0.2, 0.25) is 0 Å². The second-order valence-corrected chi connectivity index (χ2v) is 8.81. The van der Waals surface area contributed by atoms with E-state index in [2.05, 4.69) is 47.4 Å². The number of hydrogen-bond acceptors (Lipinski definition) is 5. The average molecular weight is 423 g/mol. The number of benzene rings is 2. The number of nitrogens with zero attached hydrogens (tertiary/aromatic N) is 2. The Balaban J connectivity index is 1.65. The number of carbonyl (C=O) groups is 1. The zero-order valence-electron chi connectivity index (χ0n) is 16.3. The monoisotopic (exact) mass is 422 g/mol. The van der Waals surface area contributed by atoms with E-state index in [-0.39, 0.29) is 17.4 Å². The molecule has 29 heavy (non-hydrogen) atoms. The molecule has 0 amide bonds. The number of Topliss-reactive ketones (excluding diaryl/α,β-unsaturated/α-hetero) is 1. The molecular weight excluding hydrogens is 403 g/mol. The fourth-order valence-electron chi connectivity index (χ4n) is 3.11. The van der Waals surface area contributed by atoms with E-state index in [1.807, 2.05) is 0 Å². The van der Waals surface area contributed by atoms with E-state index in [1.54, 1.807) is 24.3 Å². The molecule has 0 saturated carbocycles. The van der Waals surface area contributed by atoms with Crippen LogP contribution in [0, 0.1) is 26.6 Å². The molecule has 4 aromatic rings. The second-order valence-electron chi connectivity index (χ2n) is 6.98. The number of thiophene rings is 1. The van der Waals surface area contributed by atoms with Crippen molar-refractivity contribution in [1.82, 2.24) is 9.97 Å². The highest BCUT2D eigenvalue weighted by Crippen LogP contribution is 2.38. The Morgan fingerprint density at radius 1 is 1.03 bits per heavy atom. The minimum atomic E-state index is -0.303. The van der Waals surface area contributed by atoms with Crippen molar-refractivity contribution in [1.29, 1.82) is 0 Å². The Labute approximate surface area is 177 Å². The summed E-state index contributed by atoms with van der Waals surface area (Å²) in [7, 11) is 0. The molecule has 0 spiro atoms. The first-order chi connectivity index (χ1) is 13.9. The molecule has 4 rings (SSSR count). The predicted molar refractivity (Wildman–Crippen MR) is 119 cm³/mol. The normalized spacial score (nSPS) is 11.2. The van der Waals surface area contributed by atoms with Crippen LogP contribution in [0.3, 0.4) is 0 Å². The van der Waals surface area contributed by atoms with Crippen LogP contribution in [-0.2, 0) is 0 Å². The fourth-order valence-corrected chi connectivity index (χ4v) is 5.00. The van der Waals surface area contributed by atoms with Crippen molar-refractivity contribution in [3.8, 4) is 11.1 Å². The van der Waals surface area contributed by atoms with Gasteiger partial charge < -0.3 is 0 Å². The lowest BCUT2D eigenvalue weighted by molar-refractivity contribution is 0.102. The van der Waals surface area contributed by atoms with Crippen molar-refractivity contribution < 1.29 is 9.18 Å². The lowest BCUT2D eigenvalue weighted by Crippen LogP contribution is -2.03. The van der Waals surface area contributed by atoms with Gasteiger partial charge in [-0.05, 0) is 61.2 Å². The number of ketones is 1. The van der Waals surface area contributed by atoms with Crippen molar-refractivity contribution in [3.63, 3.8) is 0 Å². The summed E-state index contributed by atoms with van der Waals surface area (Å²) in [6.07, 6.45) is 1.54. The van der Waals surface area contributed by atoms with Crippen molar-refractivity contribution >= 4 is 39.1 Å². The minimum Gasteiger partial charge on any atom is -0.293 e. The van der Waals surface area contributed by atoms with Gasteiger partial charge in [0.2, 0.25) is 0 Å². The number of aryl methyl sites for hydroxylation is 3. The molecule has 0 aliphatic carbocycles. The van der Waals surface area contributed by atoms with Crippen LogP contribution < -0.4 is 0 Å². The van der Waals surface area contributed by atoms with E-state index in [9.17, 15) is 9.18 Å². The molecule has 146 valence electrons. The molecule has 0 aliphatic heterocycles. The molecule has 0 N–H and O–H groups in total. The number of hydrogen-bond donors (Lipinski definition) is 0. The van der Waals surface area contributed by atoms with Gasteiger partial charge >= 0.3 is 0 Å². The van der Waals surface area contributed by atoms with E-state index in [0.717, 1.165) is 26.4 Å². The molecule has 2 aromatic heterocycles. The maximum absolute atomic E-state index is 13.5. The molecule has 0 radical (unpaired) electrons. The first kappa shape index (κ1) is 19.7. The number of halogens is 1. The third kappa shape index (κ3) is 3.95.